The van der Waals surface area contributed by atoms with Gasteiger partial charge in [0.05, 0.1) is 21.5 Å². The molecule has 1 aliphatic rings. The van der Waals surface area contributed by atoms with Crippen LogP contribution in [0.5, 0.6) is 0 Å². The second kappa shape index (κ2) is 10.0. The van der Waals surface area contributed by atoms with Crippen molar-refractivity contribution < 1.29 is 9.59 Å². The number of aryl methyl sites for hydroxylation is 1. The van der Waals surface area contributed by atoms with Crippen LogP contribution in [0.25, 0.3) is 6.08 Å². The van der Waals surface area contributed by atoms with E-state index >= 15 is 0 Å². The molecule has 9 heteroatoms. The van der Waals surface area contributed by atoms with Gasteiger partial charge in [0.25, 0.3) is 5.91 Å². The normalized spacial score (nSPS) is 15.5. The van der Waals surface area contributed by atoms with Gasteiger partial charge in [0.1, 0.15) is 17.3 Å². The molecule has 0 saturated heterocycles. The summed E-state index contributed by atoms with van der Waals surface area (Å²) >= 11 is 13.1. The maximum Gasteiger partial charge on any atom is 0.283 e. The molecule has 0 bridgehead atoms. The number of nitrogens with zero attached hydrogens (tertiary/aromatic N) is 3. The first-order valence-corrected chi connectivity index (χ1v) is 11.1. The highest BCUT2D eigenvalue weighted by atomic mass is 35.5. The second-order valence-corrected chi connectivity index (χ2v) is 8.71. The fourth-order valence-corrected chi connectivity index (χ4v) is 4.04. The molecular weight excluding hydrogens is 467 g/mol. The first kappa shape index (κ1) is 23.6. The first-order valence-electron chi connectivity index (χ1n) is 9.40. The highest BCUT2D eigenvalue weighted by Gasteiger charge is 2.32. The average Bonchev–Trinajstić information content (AvgIpc) is 3.05. The lowest BCUT2D eigenvalue weighted by atomic mass is 10.2. The fourth-order valence-electron chi connectivity index (χ4n) is 2.85. The summed E-state index contributed by atoms with van der Waals surface area (Å²) in [6, 6.07) is 14.2. The summed E-state index contributed by atoms with van der Waals surface area (Å²) in [7, 11) is 0. The van der Waals surface area contributed by atoms with Crippen molar-refractivity contribution in [1.29, 1.82) is 5.26 Å². The maximum atomic E-state index is 13.2. The van der Waals surface area contributed by atoms with Crippen molar-refractivity contribution in [2.75, 3.05) is 10.7 Å². The Bertz CT molecular complexity index is 1220. The number of hydrogen-bond donors (Lipinski definition) is 1. The number of carbonyl (C=O) groups is 2. The van der Waals surface area contributed by atoms with Crippen LogP contribution in [-0.2, 0) is 9.59 Å². The topological polar surface area (TPSA) is 99.5 Å². The molecule has 0 atom stereocenters. The molecule has 1 amide bonds. The van der Waals surface area contributed by atoms with Crippen LogP contribution in [0.15, 0.2) is 64.4 Å². The number of nitriles is 1. The van der Waals surface area contributed by atoms with E-state index in [0.29, 0.717) is 26.5 Å². The molecule has 1 aliphatic heterocycles. The third-order valence-corrected chi connectivity index (χ3v) is 6.16. The van der Waals surface area contributed by atoms with Crippen LogP contribution >= 0.6 is 35.0 Å². The Morgan fingerprint density at radius 3 is 2.50 bits per heavy atom. The number of thioether (sulfide) groups is 1. The highest BCUT2D eigenvalue weighted by molar-refractivity contribution is 8.14. The molecule has 32 heavy (non-hydrogen) atoms. The van der Waals surface area contributed by atoms with Crippen molar-refractivity contribution in [3.05, 3.63) is 80.6 Å². The van der Waals surface area contributed by atoms with E-state index in [4.69, 9.17) is 34.2 Å². The minimum absolute atomic E-state index is 0.0913. The van der Waals surface area contributed by atoms with Crippen molar-refractivity contribution >= 4 is 63.6 Å². The van der Waals surface area contributed by atoms with Crippen molar-refractivity contribution in [3.63, 3.8) is 0 Å². The molecule has 0 unspecified atom stereocenters. The number of benzene rings is 2. The quantitative estimate of drug-likeness (QED) is 0.469. The zero-order chi connectivity index (χ0) is 23.4. The zero-order valence-corrected chi connectivity index (χ0v) is 19.6. The molecule has 3 rings (SSSR count). The third kappa shape index (κ3) is 5.22. The van der Waals surface area contributed by atoms with E-state index < -0.39 is 5.78 Å². The van der Waals surface area contributed by atoms with Gasteiger partial charge in [0.15, 0.2) is 11.0 Å². The molecule has 0 aromatic heterocycles. The lowest BCUT2D eigenvalue weighted by Gasteiger charge is -2.17. The number of carbonyl (C=O) groups excluding carboxylic acids is 2. The van der Waals surface area contributed by atoms with E-state index in [9.17, 15) is 9.59 Å². The third-order valence-electron chi connectivity index (χ3n) is 4.49. The van der Waals surface area contributed by atoms with E-state index in [0.717, 1.165) is 17.3 Å². The number of aliphatic imine (C=N–C) groups is 1. The molecule has 1 heterocycles. The van der Waals surface area contributed by atoms with E-state index in [2.05, 4.69) is 4.99 Å². The van der Waals surface area contributed by atoms with Gasteiger partial charge in [-0.2, -0.15) is 5.26 Å². The summed E-state index contributed by atoms with van der Waals surface area (Å²) in [5.41, 5.74) is 8.17. The zero-order valence-electron chi connectivity index (χ0n) is 17.2. The molecule has 6 nitrogen and oxygen atoms in total. The molecule has 0 aliphatic carbocycles. The fraction of sp³-hybridized carbons (Fsp3) is 0.130. The second-order valence-electron chi connectivity index (χ2n) is 6.96. The van der Waals surface area contributed by atoms with Gasteiger partial charge in [-0.05, 0) is 49.8 Å². The highest BCUT2D eigenvalue weighted by Crippen LogP contribution is 2.31. The number of ketones is 1. The number of allylic oxidation sites excluding steroid dienone is 2. The number of nitrogens with two attached hydrogens (primary N) is 1. The Labute approximate surface area is 200 Å². The van der Waals surface area contributed by atoms with Crippen LogP contribution in [-0.4, -0.2) is 22.6 Å². The van der Waals surface area contributed by atoms with E-state index in [1.54, 1.807) is 36.4 Å². The molecule has 0 spiro atoms. The summed E-state index contributed by atoms with van der Waals surface area (Å²) in [4.78, 5) is 31.5. The molecule has 2 aromatic rings. The Morgan fingerprint density at radius 2 is 1.91 bits per heavy atom. The van der Waals surface area contributed by atoms with Gasteiger partial charge in [-0.15, -0.1) is 0 Å². The molecule has 0 fully saturated rings. The SMILES string of the molecule is C/C(N)=C(/C#N)C(=O)CSC1=N/C(=C\c2ccc(Cl)c(Cl)c2)C(=O)N1c1ccc(C)cc1. The number of anilines is 1. The Kier molecular flexibility index (Phi) is 7.41. The summed E-state index contributed by atoms with van der Waals surface area (Å²) in [5.74, 6) is -0.870. The summed E-state index contributed by atoms with van der Waals surface area (Å²) in [5, 5.41) is 10.3. The summed E-state index contributed by atoms with van der Waals surface area (Å²) in [6.07, 6.45) is 1.60. The smallest absolute Gasteiger partial charge is 0.283 e. The van der Waals surface area contributed by atoms with Gasteiger partial charge in [-0.25, -0.2) is 4.99 Å². The predicted octanol–water partition coefficient (Wildman–Crippen LogP) is 5.10. The number of amides is 1. The van der Waals surface area contributed by atoms with Gasteiger partial charge in [0.2, 0.25) is 0 Å². The number of amidine groups is 1. The van der Waals surface area contributed by atoms with Crippen molar-refractivity contribution in [2.24, 2.45) is 10.7 Å². The van der Waals surface area contributed by atoms with Crippen molar-refractivity contribution in [1.82, 2.24) is 0 Å². The molecule has 0 radical (unpaired) electrons. The summed E-state index contributed by atoms with van der Waals surface area (Å²) in [6.45, 7) is 3.44. The van der Waals surface area contributed by atoms with Crippen LogP contribution in [0.4, 0.5) is 5.69 Å². The summed E-state index contributed by atoms with van der Waals surface area (Å²) < 4.78 is 0. The van der Waals surface area contributed by atoms with Gasteiger partial charge in [-0.3, -0.25) is 14.5 Å². The maximum absolute atomic E-state index is 13.2. The average molecular weight is 485 g/mol. The van der Waals surface area contributed by atoms with Crippen LogP contribution in [0, 0.1) is 18.3 Å². The Balaban J connectivity index is 1.96. The van der Waals surface area contributed by atoms with Gasteiger partial charge < -0.3 is 5.73 Å². The van der Waals surface area contributed by atoms with Gasteiger partial charge in [-0.1, -0.05) is 58.7 Å². The van der Waals surface area contributed by atoms with Crippen molar-refractivity contribution in [3.8, 4) is 6.07 Å². The van der Waals surface area contributed by atoms with Crippen LogP contribution in [0.2, 0.25) is 10.0 Å². The Morgan fingerprint density at radius 1 is 1.22 bits per heavy atom. The number of halogens is 2. The largest absolute Gasteiger partial charge is 0.401 e. The first-order chi connectivity index (χ1) is 15.2. The lowest BCUT2D eigenvalue weighted by molar-refractivity contribution is -0.114. The number of rotatable bonds is 5. The van der Waals surface area contributed by atoms with Gasteiger partial charge >= 0.3 is 0 Å². The standard InChI is InChI=1S/C23H18Cl2N4O2S/c1-13-3-6-16(7-4-13)29-22(31)20(10-15-5-8-18(24)19(25)9-15)28-23(29)32-12-21(30)17(11-26)14(2)27/h3-10H,12,27H2,1-2H3/b17-14+,20-10-. The monoisotopic (exact) mass is 484 g/mol. The predicted molar refractivity (Wildman–Crippen MR) is 131 cm³/mol. The minimum Gasteiger partial charge on any atom is -0.401 e. The number of Topliss-reactive ketones (excluding diaryl/α,β-unsaturated/α-hetero) is 1. The molecule has 0 saturated carbocycles. The van der Waals surface area contributed by atoms with Crippen LogP contribution < -0.4 is 10.6 Å². The van der Waals surface area contributed by atoms with Gasteiger partial charge in [0, 0.05) is 5.70 Å². The van der Waals surface area contributed by atoms with Crippen molar-refractivity contribution in [2.45, 2.75) is 13.8 Å². The Hall–Kier alpha value is -3.05. The molecule has 2 aromatic carbocycles. The molecule has 162 valence electrons. The van der Waals surface area contributed by atoms with E-state index in [1.165, 1.54) is 11.8 Å². The number of hydrogen-bond acceptors (Lipinski definition) is 6. The minimum atomic E-state index is -0.432. The molecular formula is C23H18Cl2N4O2S. The van der Waals surface area contributed by atoms with Crippen LogP contribution in [0.1, 0.15) is 18.1 Å². The molecule has 2 N–H and O–H groups in total. The lowest BCUT2D eigenvalue weighted by Crippen LogP contribution is -2.31. The van der Waals surface area contributed by atoms with Crippen LogP contribution in [0.3, 0.4) is 0 Å². The van der Waals surface area contributed by atoms with E-state index in [1.807, 2.05) is 25.1 Å². The van der Waals surface area contributed by atoms with E-state index in [-0.39, 0.29) is 28.6 Å².